The van der Waals surface area contributed by atoms with Crippen LogP contribution in [0.1, 0.15) is 28.3 Å². The van der Waals surface area contributed by atoms with E-state index in [1.165, 1.54) is 23.5 Å². The van der Waals surface area contributed by atoms with E-state index in [2.05, 4.69) is 10.3 Å². The zero-order valence-corrected chi connectivity index (χ0v) is 14.6. The van der Waals surface area contributed by atoms with Gasteiger partial charge >= 0.3 is 0 Å². The van der Waals surface area contributed by atoms with Crippen molar-refractivity contribution in [2.75, 3.05) is 11.1 Å². The third-order valence-electron chi connectivity index (χ3n) is 4.23. The fraction of sp³-hybridized carbons (Fsp3) is 0.158. The van der Waals surface area contributed by atoms with Crippen molar-refractivity contribution in [3.8, 4) is 5.75 Å². The van der Waals surface area contributed by atoms with Crippen LogP contribution in [0.5, 0.6) is 5.75 Å². The summed E-state index contributed by atoms with van der Waals surface area (Å²) in [5, 5.41) is 3.21. The molecule has 1 amide bonds. The molecule has 3 N–H and O–H groups in total. The standard InChI is InChI=1S/C19H16FN3O2S/c20-13-5-1-11(2-6-13)10-25-14-7-3-12(4-8-14)15-9-16(24)22-18-17(15)26-19(21)23-18/h1-8,15H,9-10H2,(H2,21,23)(H,22,24)/t15-/m1/s1. The molecule has 1 aromatic heterocycles. The van der Waals surface area contributed by atoms with Gasteiger partial charge in [-0.1, -0.05) is 35.6 Å². The van der Waals surface area contributed by atoms with E-state index in [4.69, 9.17) is 10.5 Å². The van der Waals surface area contributed by atoms with Gasteiger partial charge in [0, 0.05) is 12.3 Å². The minimum absolute atomic E-state index is 0.0558. The van der Waals surface area contributed by atoms with Crippen LogP contribution in [0.2, 0.25) is 0 Å². The van der Waals surface area contributed by atoms with Crippen LogP contribution in [-0.4, -0.2) is 10.9 Å². The van der Waals surface area contributed by atoms with Crippen molar-refractivity contribution in [3.05, 3.63) is 70.4 Å². The number of aromatic nitrogens is 1. The molecule has 3 aromatic rings. The Balaban J connectivity index is 1.49. The number of anilines is 2. The zero-order valence-electron chi connectivity index (χ0n) is 13.7. The van der Waals surface area contributed by atoms with E-state index in [1.54, 1.807) is 12.1 Å². The van der Waals surface area contributed by atoms with Gasteiger partial charge in [0.1, 0.15) is 24.0 Å². The van der Waals surface area contributed by atoms with Crippen LogP contribution in [0.25, 0.3) is 0 Å². The van der Waals surface area contributed by atoms with Crippen molar-refractivity contribution >= 4 is 28.2 Å². The number of nitrogens with zero attached hydrogens (tertiary/aromatic N) is 1. The Morgan fingerprint density at radius 2 is 1.92 bits per heavy atom. The molecule has 0 spiro atoms. The number of hydrogen-bond donors (Lipinski definition) is 2. The Morgan fingerprint density at radius 1 is 1.19 bits per heavy atom. The molecule has 5 nitrogen and oxygen atoms in total. The number of carbonyl (C=O) groups excluding carboxylic acids is 1. The number of nitrogens with one attached hydrogen (secondary N) is 1. The van der Waals surface area contributed by atoms with E-state index in [1.807, 2.05) is 24.3 Å². The lowest BCUT2D eigenvalue weighted by Gasteiger charge is -2.21. The van der Waals surface area contributed by atoms with Gasteiger partial charge in [0.15, 0.2) is 5.13 Å². The van der Waals surface area contributed by atoms with E-state index in [9.17, 15) is 9.18 Å². The van der Waals surface area contributed by atoms with Crippen molar-refractivity contribution in [1.82, 2.24) is 4.98 Å². The van der Waals surface area contributed by atoms with Crippen LogP contribution in [0, 0.1) is 5.82 Å². The molecule has 1 aliphatic rings. The first kappa shape index (κ1) is 16.5. The highest BCUT2D eigenvalue weighted by Crippen LogP contribution is 2.41. The first-order valence-corrected chi connectivity index (χ1v) is 8.93. The van der Waals surface area contributed by atoms with Gasteiger partial charge in [0.05, 0.1) is 4.88 Å². The van der Waals surface area contributed by atoms with E-state index >= 15 is 0 Å². The number of benzene rings is 2. The molecule has 2 heterocycles. The lowest BCUT2D eigenvalue weighted by atomic mass is 9.91. The van der Waals surface area contributed by atoms with Crippen LogP contribution < -0.4 is 15.8 Å². The Kier molecular flexibility index (Phi) is 4.30. The highest BCUT2D eigenvalue weighted by Gasteiger charge is 2.29. The number of fused-ring (bicyclic) bond motifs is 1. The second-order valence-electron chi connectivity index (χ2n) is 6.05. The summed E-state index contributed by atoms with van der Waals surface area (Å²) >= 11 is 1.40. The van der Waals surface area contributed by atoms with Crippen LogP contribution in [0.15, 0.2) is 48.5 Å². The molecule has 7 heteroatoms. The number of hydrogen-bond acceptors (Lipinski definition) is 5. The Bertz CT molecular complexity index is 938. The van der Waals surface area contributed by atoms with Crippen LogP contribution in [-0.2, 0) is 11.4 Å². The number of rotatable bonds is 4. The average Bonchev–Trinajstić information content (AvgIpc) is 3.01. The van der Waals surface area contributed by atoms with E-state index in [0.717, 1.165) is 16.0 Å². The summed E-state index contributed by atoms with van der Waals surface area (Å²) in [6.45, 7) is 0.362. The maximum Gasteiger partial charge on any atom is 0.226 e. The molecule has 26 heavy (non-hydrogen) atoms. The lowest BCUT2D eigenvalue weighted by molar-refractivity contribution is -0.116. The van der Waals surface area contributed by atoms with Crippen molar-refractivity contribution in [2.45, 2.75) is 18.9 Å². The van der Waals surface area contributed by atoms with Crippen LogP contribution in [0.4, 0.5) is 15.3 Å². The van der Waals surface area contributed by atoms with Gasteiger partial charge in [-0.25, -0.2) is 9.37 Å². The number of nitrogens with two attached hydrogens (primary N) is 1. The molecule has 0 unspecified atom stereocenters. The molecule has 1 atom stereocenters. The Hall–Kier alpha value is -2.93. The maximum atomic E-state index is 12.9. The predicted octanol–water partition coefficient (Wildman–Crippen LogP) is 3.92. The zero-order chi connectivity index (χ0) is 18.1. The second-order valence-corrected chi connectivity index (χ2v) is 7.12. The summed E-state index contributed by atoms with van der Waals surface area (Å²) < 4.78 is 18.7. The fourth-order valence-corrected chi connectivity index (χ4v) is 3.87. The molecule has 1 aliphatic heterocycles. The van der Waals surface area contributed by atoms with E-state index in [0.29, 0.717) is 29.7 Å². The SMILES string of the molecule is Nc1nc2c(s1)[C@@H](c1ccc(OCc3ccc(F)cc3)cc1)CC(=O)N2. The Labute approximate surface area is 153 Å². The predicted molar refractivity (Wildman–Crippen MR) is 98.8 cm³/mol. The van der Waals surface area contributed by atoms with Crippen LogP contribution >= 0.6 is 11.3 Å². The normalized spacial score (nSPS) is 16.0. The minimum atomic E-state index is -0.266. The number of amides is 1. The van der Waals surface area contributed by atoms with Gasteiger partial charge in [0.2, 0.25) is 5.91 Å². The molecule has 4 rings (SSSR count). The third kappa shape index (κ3) is 3.39. The number of nitrogen functional groups attached to an aromatic ring is 1. The summed E-state index contributed by atoms with van der Waals surface area (Å²) in [5.74, 6) is 0.884. The summed E-state index contributed by atoms with van der Waals surface area (Å²) in [7, 11) is 0. The number of ether oxygens (including phenoxy) is 1. The molecule has 132 valence electrons. The van der Waals surface area contributed by atoms with Gasteiger partial charge in [-0.05, 0) is 35.4 Å². The summed E-state index contributed by atoms with van der Waals surface area (Å²) in [6, 6.07) is 13.8. The van der Waals surface area contributed by atoms with Gasteiger partial charge in [-0.2, -0.15) is 0 Å². The molecule has 0 bridgehead atoms. The highest BCUT2D eigenvalue weighted by atomic mass is 32.1. The van der Waals surface area contributed by atoms with Crippen molar-refractivity contribution in [3.63, 3.8) is 0 Å². The molecular weight excluding hydrogens is 353 g/mol. The minimum Gasteiger partial charge on any atom is -0.489 e. The highest BCUT2D eigenvalue weighted by molar-refractivity contribution is 7.16. The monoisotopic (exact) mass is 369 g/mol. The molecule has 0 saturated heterocycles. The molecule has 2 aromatic carbocycles. The molecule has 0 radical (unpaired) electrons. The molecular formula is C19H16FN3O2S. The topological polar surface area (TPSA) is 77.2 Å². The number of halogens is 1. The van der Waals surface area contributed by atoms with Gasteiger partial charge in [-0.3, -0.25) is 4.79 Å². The molecule has 0 aliphatic carbocycles. The third-order valence-corrected chi connectivity index (χ3v) is 5.23. The first-order chi connectivity index (χ1) is 12.6. The van der Waals surface area contributed by atoms with Gasteiger partial charge < -0.3 is 15.8 Å². The largest absolute Gasteiger partial charge is 0.489 e. The summed E-state index contributed by atoms with van der Waals surface area (Å²) in [6.07, 6.45) is 0.365. The van der Waals surface area contributed by atoms with E-state index < -0.39 is 0 Å². The molecule has 0 fully saturated rings. The average molecular weight is 369 g/mol. The van der Waals surface area contributed by atoms with Crippen molar-refractivity contribution in [2.24, 2.45) is 0 Å². The van der Waals surface area contributed by atoms with Crippen molar-refractivity contribution in [1.29, 1.82) is 0 Å². The Morgan fingerprint density at radius 3 is 2.65 bits per heavy atom. The van der Waals surface area contributed by atoms with Crippen LogP contribution in [0.3, 0.4) is 0 Å². The van der Waals surface area contributed by atoms with Crippen molar-refractivity contribution < 1.29 is 13.9 Å². The second kappa shape index (κ2) is 6.76. The lowest BCUT2D eigenvalue weighted by Crippen LogP contribution is -2.22. The fourth-order valence-electron chi connectivity index (χ4n) is 2.95. The van der Waals surface area contributed by atoms with Gasteiger partial charge in [-0.15, -0.1) is 0 Å². The number of carbonyl (C=O) groups is 1. The maximum absolute atomic E-state index is 12.9. The number of thiazole rings is 1. The first-order valence-electron chi connectivity index (χ1n) is 8.12. The molecule has 0 saturated carbocycles. The quantitative estimate of drug-likeness (QED) is 0.731. The summed E-state index contributed by atoms with van der Waals surface area (Å²) in [4.78, 5) is 17.1. The van der Waals surface area contributed by atoms with Gasteiger partial charge in [0.25, 0.3) is 0 Å². The smallest absolute Gasteiger partial charge is 0.226 e. The summed E-state index contributed by atoms with van der Waals surface area (Å²) in [5.41, 5.74) is 7.69. The van der Waals surface area contributed by atoms with E-state index in [-0.39, 0.29) is 17.6 Å².